The highest BCUT2D eigenvalue weighted by Crippen LogP contribution is 2.21. The van der Waals surface area contributed by atoms with Gasteiger partial charge in [0.05, 0.1) is 5.56 Å². The number of amides is 1. The van der Waals surface area contributed by atoms with Crippen molar-refractivity contribution in [3.8, 4) is 11.8 Å². The normalized spacial score (nSPS) is 10.1. The molecule has 27 heavy (non-hydrogen) atoms. The number of carboxylic acid groups (broad SMARTS) is 1. The minimum Gasteiger partial charge on any atom is -0.477 e. The zero-order valence-corrected chi connectivity index (χ0v) is 14.5. The molecule has 1 amide bonds. The summed E-state index contributed by atoms with van der Waals surface area (Å²) in [6.07, 6.45) is -0.141. The number of benzene rings is 2. The molecule has 0 radical (unpaired) electrons. The Hall–Kier alpha value is -3.72. The Morgan fingerprint density at radius 1 is 1.07 bits per heavy atom. The molecule has 1 aromatic heterocycles. The van der Waals surface area contributed by atoms with E-state index in [0.29, 0.717) is 18.5 Å². The van der Waals surface area contributed by atoms with E-state index in [2.05, 4.69) is 22.1 Å². The number of aromatic carboxylic acids is 1. The summed E-state index contributed by atoms with van der Waals surface area (Å²) in [4.78, 5) is 25.9. The van der Waals surface area contributed by atoms with Gasteiger partial charge in [-0.15, -0.1) is 0 Å². The molecule has 3 aromatic rings. The summed E-state index contributed by atoms with van der Waals surface area (Å²) in [5, 5.41) is 12.7. The first-order chi connectivity index (χ1) is 13.1. The number of rotatable bonds is 5. The molecule has 0 saturated heterocycles. The van der Waals surface area contributed by atoms with E-state index in [-0.39, 0.29) is 12.3 Å². The van der Waals surface area contributed by atoms with Gasteiger partial charge >= 0.3 is 12.1 Å². The van der Waals surface area contributed by atoms with Crippen LogP contribution in [-0.2, 0) is 11.3 Å². The molecule has 136 valence electrons. The predicted molar refractivity (Wildman–Crippen MR) is 101 cm³/mol. The summed E-state index contributed by atoms with van der Waals surface area (Å²) in [6.45, 7) is 0.515. The molecule has 0 unspecified atom stereocenters. The van der Waals surface area contributed by atoms with Gasteiger partial charge in [-0.1, -0.05) is 60.4 Å². The van der Waals surface area contributed by atoms with Gasteiger partial charge < -0.3 is 20.1 Å². The molecular weight excluding hydrogens is 344 g/mol. The summed E-state index contributed by atoms with van der Waals surface area (Å²) in [6, 6.07) is 16.7. The topological polar surface area (TPSA) is 91.4 Å². The second kappa shape index (κ2) is 8.59. The van der Waals surface area contributed by atoms with Gasteiger partial charge in [0, 0.05) is 23.9 Å². The maximum atomic E-state index is 11.7. The molecule has 0 aliphatic heterocycles. The molecule has 0 aliphatic rings. The van der Waals surface area contributed by atoms with Gasteiger partial charge in [-0.3, -0.25) is 0 Å². The molecule has 0 fully saturated rings. The number of nitrogens with one attached hydrogen (secondary N) is 2. The van der Waals surface area contributed by atoms with Crippen LogP contribution in [0.25, 0.3) is 10.9 Å². The van der Waals surface area contributed by atoms with Crippen molar-refractivity contribution in [1.82, 2.24) is 10.3 Å². The third-order valence-electron chi connectivity index (χ3n) is 3.87. The van der Waals surface area contributed by atoms with Crippen LogP contribution in [0.15, 0.2) is 54.6 Å². The highest BCUT2D eigenvalue weighted by molar-refractivity contribution is 5.99. The fraction of sp³-hybridized carbons (Fsp3) is 0.143. The van der Waals surface area contributed by atoms with E-state index in [1.807, 2.05) is 48.5 Å². The van der Waals surface area contributed by atoms with Crippen molar-refractivity contribution < 1.29 is 19.4 Å². The van der Waals surface area contributed by atoms with E-state index in [9.17, 15) is 14.7 Å². The zero-order chi connectivity index (χ0) is 19.1. The van der Waals surface area contributed by atoms with Gasteiger partial charge in [-0.25, -0.2) is 9.59 Å². The monoisotopic (exact) mass is 362 g/mol. The average molecular weight is 362 g/mol. The highest BCUT2D eigenvalue weighted by atomic mass is 16.5. The Morgan fingerprint density at radius 2 is 1.81 bits per heavy atom. The van der Waals surface area contributed by atoms with Crippen molar-refractivity contribution in [2.75, 3.05) is 6.54 Å². The maximum absolute atomic E-state index is 11.7. The number of alkyl carbamates (subject to hydrolysis) is 1. The van der Waals surface area contributed by atoms with Crippen molar-refractivity contribution in [2.45, 2.75) is 13.0 Å². The molecule has 0 bridgehead atoms. The summed E-state index contributed by atoms with van der Waals surface area (Å²) >= 11 is 0. The smallest absolute Gasteiger partial charge is 0.407 e. The number of aromatic nitrogens is 1. The van der Waals surface area contributed by atoms with E-state index in [1.54, 1.807) is 6.07 Å². The van der Waals surface area contributed by atoms with E-state index in [1.165, 1.54) is 0 Å². The summed E-state index contributed by atoms with van der Waals surface area (Å²) in [5.41, 5.74) is 2.15. The Morgan fingerprint density at radius 3 is 2.59 bits per heavy atom. The first kappa shape index (κ1) is 18.1. The van der Waals surface area contributed by atoms with Crippen LogP contribution < -0.4 is 5.32 Å². The summed E-state index contributed by atoms with van der Waals surface area (Å²) < 4.78 is 5.11. The minimum atomic E-state index is -1.06. The number of hydrogen-bond donors (Lipinski definition) is 3. The predicted octanol–water partition coefficient (Wildman–Crippen LogP) is 3.53. The van der Waals surface area contributed by atoms with Crippen molar-refractivity contribution in [2.24, 2.45) is 0 Å². The molecule has 3 N–H and O–H groups in total. The van der Waals surface area contributed by atoms with Crippen molar-refractivity contribution in [3.63, 3.8) is 0 Å². The Labute approximate surface area is 156 Å². The number of ether oxygens (including phenoxy) is 1. The van der Waals surface area contributed by atoms with Crippen molar-refractivity contribution in [1.29, 1.82) is 0 Å². The average Bonchev–Trinajstić information content (AvgIpc) is 3.06. The number of fused-ring (bicyclic) bond motifs is 1. The lowest BCUT2D eigenvalue weighted by Gasteiger charge is -2.05. The Kier molecular flexibility index (Phi) is 5.75. The fourth-order valence-corrected chi connectivity index (χ4v) is 2.58. The van der Waals surface area contributed by atoms with Crippen LogP contribution in [0.1, 0.15) is 28.0 Å². The molecule has 6 heteroatoms. The molecule has 0 saturated carbocycles. The molecule has 2 aromatic carbocycles. The van der Waals surface area contributed by atoms with Gasteiger partial charge in [0.1, 0.15) is 12.3 Å². The van der Waals surface area contributed by atoms with Crippen LogP contribution in [0.2, 0.25) is 0 Å². The fourth-order valence-electron chi connectivity index (χ4n) is 2.58. The van der Waals surface area contributed by atoms with E-state index < -0.39 is 12.1 Å². The second-order valence-corrected chi connectivity index (χ2v) is 5.77. The van der Waals surface area contributed by atoms with Crippen molar-refractivity contribution >= 4 is 23.0 Å². The first-order valence-corrected chi connectivity index (χ1v) is 8.42. The standard InChI is InChI=1S/C21H18N2O4/c24-20(25)19-17(16-10-4-5-12-18(16)23-19)11-6-7-13-22-21(26)27-14-15-8-2-1-3-9-15/h1-5,8-10,12,23H,7,13-14H2,(H,22,26)(H,24,25). The molecule has 0 atom stereocenters. The van der Waals surface area contributed by atoms with Crippen LogP contribution in [0.3, 0.4) is 0 Å². The summed E-state index contributed by atoms with van der Waals surface area (Å²) in [5.74, 6) is 4.74. The van der Waals surface area contributed by atoms with E-state index >= 15 is 0 Å². The third-order valence-corrected chi connectivity index (χ3v) is 3.87. The van der Waals surface area contributed by atoms with Gasteiger partial charge in [0.15, 0.2) is 0 Å². The van der Waals surface area contributed by atoms with Crippen LogP contribution >= 0.6 is 0 Å². The maximum Gasteiger partial charge on any atom is 0.407 e. The minimum absolute atomic E-state index is 0.0685. The van der Waals surface area contributed by atoms with Gasteiger partial charge in [-0.05, 0) is 11.6 Å². The number of H-pyrrole nitrogens is 1. The molecule has 0 spiro atoms. The van der Waals surface area contributed by atoms with E-state index in [0.717, 1.165) is 16.5 Å². The Balaban J connectivity index is 1.54. The second-order valence-electron chi connectivity index (χ2n) is 5.77. The number of aromatic amines is 1. The zero-order valence-electron chi connectivity index (χ0n) is 14.5. The third kappa shape index (κ3) is 4.67. The lowest BCUT2D eigenvalue weighted by atomic mass is 10.1. The van der Waals surface area contributed by atoms with Gasteiger partial charge in [0.25, 0.3) is 0 Å². The van der Waals surface area contributed by atoms with Crippen LogP contribution in [-0.4, -0.2) is 28.7 Å². The number of carbonyl (C=O) groups excluding carboxylic acids is 1. The lowest BCUT2D eigenvalue weighted by molar-refractivity contribution is 0.0691. The largest absolute Gasteiger partial charge is 0.477 e. The molecular formula is C21H18N2O4. The number of para-hydroxylation sites is 1. The van der Waals surface area contributed by atoms with Gasteiger partial charge in [0.2, 0.25) is 0 Å². The highest BCUT2D eigenvalue weighted by Gasteiger charge is 2.14. The van der Waals surface area contributed by atoms with E-state index in [4.69, 9.17) is 4.74 Å². The Bertz CT molecular complexity index is 1010. The van der Waals surface area contributed by atoms with Crippen LogP contribution in [0.4, 0.5) is 4.79 Å². The van der Waals surface area contributed by atoms with Gasteiger partial charge in [-0.2, -0.15) is 0 Å². The van der Waals surface area contributed by atoms with Crippen molar-refractivity contribution in [3.05, 3.63) is 71.4 Å². The number of hydrogen-bond acceptors (Lipinski definition) is 3. The SMILES string of the molecule is O=C(NCCC#Cc1c(C(=O)O)[nH]c2ccccc12)OCc1ccccc1. The quantitative estimate of drug-likeness (QED) is 0.478. The lowest BCUT2D eigenvalue weighted by Crippen LogP contribution is -2.24. The van der Waals surface area contributed by atoms with Crippen LogP contribution in [0, 0.1) is 11.8 Å². The molecule has 1 heterocycles. The summed E-state index contributed by atoms with van der Waals surface area (Å²) in [7, 11) is 0. The number of carboxylic acids is 1. The first-order valence-electron chi connectivity index (χ1n) is 8.42. The van der Waals surface area contributed by atoms with Crippen LogP contribution in [0.5, 0.6) is 0 Å². The molecule has 6 nitrogen and oxygen atoms in total. The molecule has 0 aliphatic carbocycles. The number of carbonyl (C=O) groups is 2. The molecule has 3 rings (SSSR count).